The van der Waals surface area contributed by atoms with Crippen molar-refractivity contribution in [1.82, 2.24) is 20.5 Å². The molecule has 1 amide bonds. The lowest BCUT2D eigenvalue weighted by atomic mass is 10.0. The van der Waals surface area contributed by atoms with Gasteiger partial charge in [0.25, 0.3) is 5.91 Å². The molecular formula is C27H25FN6O. The Hall–Kier alpha value is -4.48. The summed E-state index contributed by atoms with van der Waals surface area (Å²) in [6, 6.07) is 17.3. The number of nitrogens with zero attached hydrogens (tertiary/aromatic N) is 3. The van der Waals surface area contributed by atoms with Crippen LogP contribution in [-0.4, -0.2) is 22.0 Å². The molecular weight excluding hydrogens is 443 g/mol. The third-order valence-corrected chi connectivity index (χ3v) is 5.76. The molecule has 2 heterocycles. The van der Waals surface area contributed by atoms with Crippen molar-refractivity contribution < 1.29 is 9.18 Å². The number of hydrogen-bond donors (Lipinski definition) is 3. The zero-order chi connectivity index (χ0) is 24.8. The van der Waals surface area contributed by atoms with Crippen LogP contribution in [0.25, 0.3) is 11.1 Å². The SMILES string of the molecule is CC(NC(=O)C1=CC=CN(C#N)[C@@H]1NCc1ccc(-c2ccc(N)nc2)cc1)c1ccc(F)cc1. The maximum Gasteiger partial charge on any atom is 0.251 e. The molecule has 0 saturated heterocycles. The summed E-state index contributed by atoms with van der Waals surface area (Å²) in [7, 11) is 0. The fourth-order valence-corrected chi connectivity index (χ4v) is 3.79. The van der Waals surface area contributed by atoms with Gasteiger partial charge in [0.05, 0.1) is 11.6 Å². The maximum atomic E-state index is 13.2. The highest BCUT2D eigenvalue weighted by atomic mass is 19.1. The molecule has 0 radical (unpaired) electrons. The Labute approximate surface area is 203 Å². The lowest BCUT2D eigenvalue weighted by Crippen LogP contribution is -2.47. The fourth-order valence-electron chi connectivity index (χ4n) is 3.79. The Morgan fingerprint density at radius 3 is 2.51 bits per heavy atom. The van der Waals surface area contributed by atoms with E-state index < -0.39 is 6.17 Å². The molecule has 1 unspecified atom stereocenters. The molecule has 0 saturated carbocycles. The highest BCUT2D eigenvalue weighted by Crippen LogP contribution is 2.21. The van der Waals surface area contributed by atoms with Crippen molar-refractivity contribution in [2.24, 2.45) is 0 Å². The van der Waals surface area contributed by atoms with Crippen molar-refractivity contribution in [3.05, 3.63) is 108 Å². The van der Waals surface area contributed by atoms with Gasteiger partial charge < -0.3 is 11.1 Å². The Morgan fingerprint density at radius 2 is 1.86 bits per heavy atom. The number of nitrogens with two attached hydrogens (primary N) is 1. The fraction of sp³-hybridized carbons (Fsp3) is 0.148. The summed E-state index contributed by atoms with van der Waals surface area (Å²) >= 11 is 0. The van der Waals surface area contributed by atoms with Crippen LogP contribution in [0.5, 0.6) is 0 Å². The number of nitrogens with one attached hydrogen (secondary N) is 2. The second-order valence-electron chi connectivity index (χ2n) is 8.17. The average molecular weight is 469 g/mol. The predicted octanol–water partition coefficient (Wildman–Crippen LogP) is 4.00. The molecule has 0 aliphatic carbocycles. The highest BCUT2D eigenvalue weighted by Gasteiger charge is 2.28. The number of aromatic nitrogens is 1. The van der Waals surface area contributed by atoms with E-state index in [4.69, 9.17) is 5.73 Å². The summed E-state index contributed by atoms with van der Waals surface area (Å²) in [5.41, 5.74) is 9.81. The highest BCUT2D eigenvalue weighted by molar-refractivity contribution is 5.95. The number of carbonyl (C=O) groups is 1. The number of nitriles is 1. The van der Waals surface area contributed by atoms with Gasteiger partial charge in [-0.05, 0) is 60.0 Å². The van der Waals surface area contributed by atoms with E-state index in [1.165, 1.54) is 17.0 Å². The first-order chi connectivity index (χ1) is 16.9. The first-order valence-corrected chi connectivity index (χ1v) is 11.1. The van der Waals surface area contributed by atoms with Crippen LogP contribution in [0.1, 0.15) is 24.1 Å². The van der Waals surface area contributed by atoms with Crippen molar-refractivity contribution >= 4 is 11.7 Å². The third kappa shape index (κ3) is 5.72. The van der Waals surface area contributed by atoms with Crippen LogP contribution >= 0.6 is 0 Å². The Morgan fingerprint density at radius 1 is 1.14 bits per heavy atom. The smallest absolute Gasteiger partial charge is 0.251 e. The van der Waals surface area contributed by atoms with Gasteiger partial charge >= 0.3 is 0 Å². The Balaban J connectivity index is 1.43. The molecule has 1 aliphatic rings. The summed E-state index contributed by atoms with van der Waals surface area (Å²) in [6.07, 6.45) is 8.17. The zero-order valence-corrected chi connectivity index (χ0v) is 19.1. The van der Waals surface area contributed by atoms with Crippen LogP contribution in [0.4, 0.5) is 10.2 Å². The monoisotopic (exact) mass is 468 g/mol. The molecule has 0 bridgehead atoms. The van der Waals surface area contributed by atoms with E-state index in [1.54, 1.807) is 42.7 Å². The molecule has 0 spiro atoms. The van der Waals surface area contributed by atoms with Crippen LogP contribution in [0, 0.1) is 17.3 Å². The van der Waals surface area contributed by atoms with Crippen molar-refractivity contribution in [3.63, 3.8) is 0 Å². The Bertz CT molecular complexity index is 1280. The second-order valence-corrected chi connectivity index (χ2v) is 8.17. The summed E-state index contributed by atoms with van der Waals surface area (Å²) in [5.74, 6) is -0.173. The van der Waals surface area contributed by atoms with Crippen LogP contribution < -0.4 is 16.4 Å². The molecule has 8 heteroatoms. The van der Waals surface area contributed by atoms with E-state index in [1.807, 2.05) is 37.3 Å². The lowest BCUT2D eigenvalue weighted by Gasteiger charge is -2.30. The van der Waals surface area contributed by atoms with Gasteiger partial charge in [-0.25, -0.2) is 9.37 Å². The average Bonchev–Trinajstić information content (AvgIpc) is 2.88. The van der Waals surface area contributed by atoms with E-state index in [0.717, 1.165) is 22.3 Å². The number of amides is 1. The minimum atomic E-state index is -0.633. The largest absolute Gasteiger partial charge is 0.384 e. The number of allylic oxidation sites excluding steroid dienone is 2. The van der Waals surface area contributed by atoms with Gasteiger partial charge in [-0.3, -0.25) is 15.0 Å². The number of hydrogen-bond acceptors (Lipinski definition) is 6. The molecule has 3 aromatic rings. The standard InChI is InChI=1S/C27H25FN6O/c1-18(20-8-11-23(28)12-9-20)33-27(35)24-3-2-14-34(17-29)26(24)32-15-19-4-6-21(7-5-19)22-10-13-25(30)31-16-22/h2-14,16,18,26,32H,15H2,1H3,(H2,30,31)(H,33,35)/t18?,26-/m0/s1. The van der Waals surface area contributed by atoms with Gasteiger partial charge in [-0.15, -0.1) is 0 Å². The van der Waals surface area contributed by atoms with Crippen LogP contribution in [0.2, 0.25) is 0 Å². The number of halogens is 1. The molecule has 176 valence electrons. The summed E-state index contributed by atoms with van der Waals surface area (Å²) < 4.78 is 13.2. The molecule has 2 atom stereocenters. The maximum absolute atomic E-state index is 13.2. The van der Waals surface area contributed by atoms with Crippen LogP contribution in [0.15, 0.2) is 90.8 Å². The predicted molar refractivity (Wildman–Crippen MR) is 132 cm³/mol. The first kappa shape index (κ1) is 23.7. The summed E-state index contributed by atoms with van der Waals surface area (Å²) in [5, 5.41) is 15.8. The molecule has 7 nitrogen and oxygen atoms in total. The van der Waals surface area contributed by atoms with E-state index in [2.05, 4.69) is 21.8 Å². The molecule has 1 aromatic heterocycles. The van der Waals surface area contributed by atoms with Gasteiger partial charge in [-0.2, -0.15) is 5.26 Å². The van der Waals surface area contributed by atoms with E-state index in [0.29, 0.717) is 17.9 Å². The zero-order valence-electron chi connectivity index (χ0n) is 19.1. The number of benzene rings is 2. The number of pyridine rings is 1. The van der Waals surface area contributed by atoms with Crippen molar-refractivity contribution in [2.75, 3.05) is 5.73 Å². The molecule has 2 aromatic carbocycles. The summed E-state index contributed by atoms with van der Waals surface area (Å²) in [6.45, 7) is 2.27. The number of anilines is 1. The van der Waals surface area contributed by atoms with Gasteiger partial charge in [0.1, 0.15) is 17.8 Å². The van der Waals surface area contributed by atoms with Crippen molar-refractivity contribution in [1.29, 1.82) is 5.26 Å². The number of nitrogen functional groups attached to an aromatic ring is 1. The number of rotatable bonds is 7. The Kier molecular flexibility index (Phi) is 7.19. The summed E-state index contributed by atoms with van der Waals surface area (Å²) in [4.78, 5) is 18.6. The molecule has 4 N–H and O–H groups in total. The minimum Gasteiger partial charge on any atom is -0.384 e. The minimum absolute atomic E-state index is 0.310. The molecule has 35 heavy (non-hydrogen) atoms. The second kappa shape index (κ2) is 10.6. The molecule has 0 fully saturated rings. The lowest BCUT2D eigenvalue weighted by molar-refractivity contribution is -0.118. The number of carbonyl (C=O) groups excluding carboxylic acids is 1. The molecule has 4 rings (SSSR count). The van der Waals surface area contributed by atoms with E-state index in [-0.39, 0.29) is 17.8 Å². The van der Waals surface area contributed by atoms with Crippen molar-refractivity contribution in [2.45, 2.75) is 25.7 Å². The van der Waals surface area contributed by atoms with Gasteiger partial charge in [0, 0.05) is 24.5 Å². The van der Waals surface area contributed by atoms with Crippen LogP contribution in [0.3, 0.4) is 0 Å². The van der Waals surface area contributed by atoms with Gasteiger partial charge in [0.2, 0.25) is 0 Å². The topological polar surface area (TPSA) is 107 Å². The third-order valence-electron chi connectivity index (χ3n) is 5.76. The quantitative estimate of drug-likeness (QED) is 0.453. The van der Waals surface area contributed by atoms with E-state index >= 15 is 0 Å². The molecule has 1 aliphatic heterocycles. The van der Waals surface area contributed by atoms with Crippen LogP contribution in [-0.2, 0) is 11.3 Å². The van der Waals surface area contributed by atoms with Crippen molar-refractivity contribution in [3.8, 4) is 17.3 Å². The normalized spacial score (nSPS) is 15.7. The van der Waals surface area contributed by atoms with Gasteiger partial charge in [0.15, 0.2) is 6.19 Å². The first-order valence-electron chi connectivity index (χ1n) is 11.1. The van der Waals surface area contributed by atoms with E-state index in [9.17, 15) is 14.4 Å². The van der Waals surface area contributed by atoms with Gasteiger partial charge in [-0.1, -0.05) is 36.4 Å².